The molecule has 6 heteroatoms. The van der Waals surface area contributed by atoms with Crippen LogP contribution in [0.2, 0.25) is 0 Å². The largest absolute Gasteiger partial charge is 0.375 e. The normalized spacial score (nSPS) is 10.2. The highest BCUT2D eigenvalue weighted by atomic mass is 16.6. The van der Waals surface area contributed by atoms with E-state index in [1.54, 1.807) is 13.0 Å². The maximum atomic E-state index is 12.2. The number of benzene rings is 2. The minimum Gasteiger partial charge on any atom is -0.375 e. The third kappa shape index (κ3) is 4.32. The molecule has 2 aromatic rings. The van der Waals surface area contributed by atoms with Crippen LogP contribution in [0, 0.1) is 17.0 Å². The van der Waals surface area contributed by atoms with E-state index in [9.17, 15) is 14.9 Å². The Labute approximate surface area is 141 Å². The van der Waals surface area contributed by atoms with Crippen molar-refractivity contribution in [2.45, 2.75) is 13.3 Å². The molecular weight excluding hydrogens is 306 g/mol. The molecule has 6 nitrogen and oxygen atoms in total. The van der Waals surface area contributed by atoms with Crippen LogP contribution in [-0.4, -0.2) is 31.0 Å². The van der Waals surface area contributed by atoms with Crippen LogP contribution < -0.4 is 10.2 Å². The molecule has 0 spiro atoms. The summed E-state index contributed by atoms with van der Waals surface area (Å²) >= 11 is 0. The summed E-state index contributed by atoms with van der Waals surface area (Å²) in [6, 6.07) is 14.5. The molecule has 0 atom stereocenters. The van der Waals surface area contributed by atoms with Gasteiger partial charge in [-0.15, -0.1) is 0 Å². The molecule has 0 saturated carbocycles. The van der Waals surface area contributed by atoms with E-state index >= 15 is 0 Å². The molecule has 1 amide bonds. The number of nitro groups is 1. The van der Waals surface area contributed by atoms with Gasteiger partial charge >= 0.3 is 0 Å². The topological polar surface area (TPSA) is 75.5 Å². The van der Waals surface area contributed by atoms with Crippen LogP contribution >= 0.6 is 0 Å². The zero-order chi connectivity index (χ0) is 17.5. The van der Waals surface area contributed by atoms with E-state index in [-0.39, 0.29) is 11.6 Å². The van der Waals surface area contributed by atoms with E-state index in [1.165, 1.54) is 12.1 Å². The Morgan fingerprint density at radius 2 is 1.88 bits per heavy atom. The standard InChI is InChI=1S/C18H21N3O3/c1-14-16(10-6-11-17(14)21(23)24)18(22)19-12-7-13-20(2)15-8-4-3-5-9-15/h3-6,8-11H,7,12-13H2,1-2H3,(H,19,22). The van der Waals surface area contributed by atoms with Crippen LogP contribution in [0.15, 0.2) is 48.5 Å². The molecule has 0 fully saturated rings. The van der Waals surface area contributed by atoms with Gasteiger partial charge in [0.05, 0.1) is 4.92 Å². The summed E-state index contributed by atoms with van der Waals surface area (Å²) in [5, 5.41) is 13.8. The van der Waals surface area contributed by atoms with E-state index in [0.717, 1.165) is 18.7 Å². The van der Waals surface area contributed by atoms with Gasteiger partial charge < -0.3 is 10.2 Å². The van der Waals surface area contributed by atoms with E-state index in [1.807, 2.05) is 37.4 Å². The van der Waals surface area contributed by atoms with Crippen LogP contribution in [0.4, 0.5) is 11.4 Å². The van der Waals surface area contributed by atoms with Crippen LogP contribution in [0.3, 0.4) is 0 Å². The van der Waals surface area contributed by atoms with Crippen molar-refractivity contribution >= 4 is 17.3 Å². The molecule has 0 aromatic heterocycles. The molecule has 0 bridgehead atoms. The molecule has 0 unspecified atom stereocenters. The fourth-order valence-electron chi connectivity index (χ4n) is 2.49. The molecule has 126 valence electrons. The van der Waals surface area contributed by atoms with Crippen molar-refractivity contribution < 1.29 is 9.72 Å². The molecule has 2 aromatic carbocycles. The number of hydrogen-bond acceptors (Lipinski definition) is 4. The van der Waals surface area contributed by atoms with E-state index in [4.69, 9.17) is 0 Å². The fraction of sp³-hybridized carbons (Fsp3) is 0.278. The summed E-state index contributed by atoms with van der Waals surface area (Å²) in [5.74, 6) is -0.279. The number of para-hydroxylation sites is 1. The Bertz CT molecular complexity index is 717. The molecule has 0 aliphatic carbocycles. The van der Waals surface area contributed by atoms with E-state index in [0.29, 0.717) is 17.7 Å². The minimum atomic E-state index is -0.471. The first-order chi connectivity index (χ1) is 11.5. The first-order valence-corrected chi connectivity index (χ1v) is 7.79. The first-order valence-electron chi connectivity index (χ1n) is 7.79. The van der Waals surface area contributed by atoms with Crippen molar-refractivity contribution in [3.8, 4) is 0 Å². The third-order valence-electron chi connectivity index (χ3n) is 3.90. The predicted octanol–water partition coefficient (Wildman–Crippen LogP) is 3.16. The van der Waals surface area contributed by atoms with Gasteiger partial charge in [0.1, 0.15) is 0 Å². The lowest BCUT2D eigenvalue weighted by atomic mass is 10.1. The Morgan fingerprint density at radius 1 is 1.17 bits per heavy atom. The van der Waals surface area contributed by atoms with Gasteiger partial charge in [0, 0.05) is 43.0 Å². The number of nitrogens with one attached hydrogen (secondary N) is 1. The van der Waals surface area contributed by atoms with Gasteiger partial charge in [-0.25, -0.2) is 0 Å². The SMILES string of the molecule is Cc1c(C(=O)NCCCN(C)c2ccccc2)cccc1[N+](=O)[O-]. The summed E-state index contributed by atoms with van der Waals surface area (Å²) in [6.07, 6.45) is 0.783. The predicted molar refractivity (Wildman–Crippen MR) is 94.5 cm³/mol. The Hall–Kier alpha value is -2.89. The Kier molecular flexibility index (Phi) is 5.89. The van der Waals surface area contributed by atoms with Gasteiger partial charge in [-0.1, -0.05) is 24.3 Å². The lowest BCUT2D eigenvalue weighted by molar-refractivity contribution is -0.385. The number of carbonyl (C=O) groups is 1. The molecule has 24 heavy (non-hydrogen) atoms. The summed E-state index contributed by atoms with van der Waals surface area (Å²) in [5.41, 5.74) is 1.83. The Morgan fingerprint density at radius 3 is 2.54 bits per heavy atom. The highest BCUT2D eigenvalue weighted by Gasteiger charge is 2.17. The summed E-state index contributed by atoms with van der Waals surface area (Å²) in [6.45, 7) is 2.91. The first kappa shape index (κ1) is 17.5. The van der Waals surface area contributed by atoms with Crippen LogP contribution in [0.1, 0.15) is 22.3 Å². The summed E-state index contributed by atoms with van der Waals surface area (Å²) in [4.78, 5) is 24.8. The number of rotatable bonds is 7. The monoisotopic (exact) mass is 327 g/mol. The van der Waals surface area contributed by atoms with Gasteiger partial charge in [0.15, 0.2) is 0 Å². The number of hydrogen-bond donors (Lipinski definition) is 1. The van der Waals surface area contributed by atoms with Gasteiger partial charge in [-0.05, 0) is 31.5 Å². The zero-order valence-corrected chi connectivity index (χ0v) is 13.9. The zero-order valence-electron chi connectivity index (χ0n) is 13.9. The van der Waals surface area contributed by atoms with Gasteiger partial charge in [0.2, 0.25) is 0 Å². The molecule has 0 aliphatic heterocycles. The number of nitro benzene ring substituents is 1. The highest BCUT2D eigenvalue weighted by Crippen LogP contribution is 2.20. The van der Waals surface area contributed by atoms with Crippen molar-refractivity contribution in [3.63, 3.8) is 0 Å². The maximum Gasteiger partial charge on any atom is 0.273 e. The molecule has 0 radical (unpaired) electrons. The molecule has 0 aliphatic rings. The Balaban J connectivity index is 1.86. The number of nitrogens with zero attached hydrogens (tertiary/aromatic N) is 2. The average Bonchev–Trinajstić information content (AvgIpc) is 2.59. The molecular formula is C18H21N3O3. The van der Waals surface area contributed by atoms with Crippen LogP contribution in [-0.2, 0) is 0 Å². The van der Waals surface area contributed by atoms with Crippen LogP contribution in [0.5, 0.6) is 0 Å². The second-order valence-electron chi connectivity index (χ2n) is 5.57. The van der Waals surface area contributed by atoms with E-state index < -0.39 is 4.92 Å². The number of amides is 1. The van der Waals surface area contributed by atoms with Crippen molar-refractivity contribution in [2.24, 2.45) is 0 Å². The summed E-state index contributed by atoms with van der Waals surface area (Å²) < 4.78 is 0. The molecule has 2 rings (SSSR count). The van der Waals surface area contributed by atoms with Crippen molar-refractivity contribution in [3.05, 3.63) is 69.8 Å². The highest BCUT2D eigenvalue weighted by molar-refractivity contribution is 5.96. The quantitative estimate of drug-likeness (QED) is 0.481. The van der Waals surface area contributed by atoms with Crippen molar-refractivity contribution in [1.29, 1.82) is 0 Å². The average molecular weight is 327 g/mol. The second kappa shape index (κ2) is 8.10. The van der Waals surface area contributed by atoms with Crippen molar-refractivity contribution in [2.75, 3.05) is 25.0 Å². The maximum absolute atomic E-state index is 12.2. The fourth-order valence-corrected chi connectivity index (χ4v) is 2.49. The second-order valence-corrected chi connectivity index (χ2v) is 5.57. The van der Waals surface area contributed by atoms with Crippen molar-refractivity contribution in [1.82, 2.24) is 5.32 Å². The van der Waals surface area contributed by atoms with Crippen LogP contribution in [0.25, 0.3) is 0 Å². The van der Waals surface area contributed by atoms with Gasteiger partial charge in [-0.2, -0.15) is 0 Å². The lowest BCUT2D eigenvalue weighted by Gasteiger charge is -2.19. The van der Waals surface area contributed by atoms with Gasteiger partial charge in [-0.3, -0.25) is 14.9 Å². The summed E-state index contributed by atoms with van der Waals surface area (Å²) in [7, 11) is 2.00. The smallest absolute Gasteiger partial charge is 0.273 e. The lowest BCUT2D eigenvalue weighted by Crippen LogP contribution is -2.28. The molecule has 0 saturated heterocycles. The third-order valence-corrected chi connectivity index (χ3v) is 3.90. The van der Waals surface area contributed by atoms with Gasteiger partial charge in [0.25, 0.3) is 11.6 Å². The number of anilines is 1. The molecule has 1 N–H and O–H groups in total. The number of carbonyl (C=O) groups excluding carboxylic acids is 1. The van der Waals surface area contributed by atoms with E-state index in [2.05, 4.69) is 10.2 Å². The molecule has 0 heterocycles. The minimum absolute atomic E-state index is 0.0357.